The summed E-state index contributed by atoms with van der Waals surface area (Å²) in [6.07, 6.45) is 2.78. The van der Waals surface area contributed by atoms with E-state index in [-0.39, 0.29) is 24.5 Å². The zero-order valence-corrected chi connectivity index (χ0v) is 14.9. The van der Waals surface area contributed by atoms with Crippen LogP contribution in [0.25, 0.3) is 0 Å². The minimum absolute atomic E-state index is 0.0285. The average Bonchev–Trinajstić information content (AvgIpc) is 2.68. The van der Waals surface area contributed by atoms with E-state index in [4.69, 9.17) is 0 Å². The zero-order chi connectivity index (χ0) is 18.5. The number of likely N-dealkylation sites (tertiary alicyclic amines) is 1. The van der Waals surface area contributed by atoms with Crippen molar-refractivity contribution < 1.29 is 14.7 Å². The lowest BCUT2D eigenvalue weighted by Gasteiger charge is -2.34. The zero-order valence-electron chi connectivity index (χ0n) is 14.9. The predicted octanol–water partition coefficient (Wildman–Crippen LogP) is 3.03. The van der Waals surface area contributed by atoms with Crippen LogP contribution in [0.1, 0.15) is 45.5 Å². The number of hydrogen-bond donors (Lipinski definition) is 2. The van der Waals surface area contributed by atoms with Gasteiger partial charge in [0.1, 0.15) is 0 Å². The van der Waals surface area contributed by atoms with Crippen molar-refractivity contribution in [2.45, 2.75) is 32.2 Å². The number of aryl methyl sites for hydroxylation is 1. The van der Waals surface area contributed by atoms with Gasteiger partial charge in [-0.1, -0.05) is 17.7 Å². The number of anilines is 1. The molecular weight excluding hydrogens is 328 g/mol. The van der Waals surface area contributed by atoms with Gasteiger partial charge in [-0.05, 0) is 62.6 Å². The van der Waals surface area contributed by atoms with E-state index in [0.717, 1.165) is 24.8 Å². The van der Waals surface area contributed by atoms with Crippen LogP contribution >= 0.6 is 0 Å². The van der Waals surface area contributed by atoms with Gasteiger partial charge in [0.25, 0.3) is 11.8 Å². The lowest BCUT2D eigenvalue weighted by atomic mass is 10.0. The first-order valence-electron chi connectivity index (χ1n) is 8.89. The average molecular weight is 351 g/mol. The predicted molar refractivity (Wildman–Crippen MR) is 100 cm³/mol. The Kier molecular flexibility index (Phi) is 5.68. The number of piperidine rings is 1. The Labute approximate surface area is 153 Å². The highest BCUT2D eigenvalue weighted by Crippen LogP contribution is 2.21. The molecule has 5 nitrogen and oxygen atoms in total. The van der Waals surface area contributed by atoms with E-state index in [2.05, 4.69) is 11.4 Å². The molecule has 2 aromatic carbocycles. The van der Waals surface area contributed by atoms with Crippen LogP contribution < -0.4 is 5.32 Å². The summed E-state index contributed by atoms with van der Waals surface area (Å²) in [6.45, 7) is 2.58. The molecule has 3 rings (SSSR count). The van der Waals surface area contributed by atoms with Crippen molar-refractivity contribution in [3.63, 3.8) is 0 Å². The molecule has 26 heavy (non-hydrogen) atoms. The topological polar surface area (TPSA) is 69.6 Å². The number of rotatable bonds is 4. The SMILES string of the molecule is Cc1ccc(C(=O)Nc2c[c]cc(C(=O)N3CCCC[C@H]3CO)c2)cc1. The van der Waals surface area contributed by atoms with E-state index >= 15 is 0 Å². The third-order valence-corrected chi connectivity index (χ3v) is 4.71. The van der Waals surface area contributed by atoms with E-state index in [0.29, 0.717) is 23.4 Å². The summed E-state index contributed by atoms with van der Waals surface area (Å²) >= 11 is 0. The number of nitrogens with one attached hydrogen (secondary N) is 1. The smallest absolute Gasteiger partial charge is 0.255 e. The number of carbonyl (C=O) groups is 2. The number of benzene rings is 2. The second kappa shape index (κ2) is 8.15. The number of aliphatic hydroxyl groups is 1. The molecule has 2 amide bonds. The molecule has 2 aromatic rings. The molecule has 0 saturated carbocycles. The highest BCUT2D eigenvalue weighted by molar-refractivity contribution is 6.05. The fourth-order valence-corrected chi connectivity index (χ4v) is 3.20. The Hall–Kier alpha value is -2.66. The molecule has 135 valence electrons. The van der Waals surface area contributed by atoms with E-state index in [1.165, 1.54) is 0 Å². The molecule has 1 saturated heterocycles. The number of aliphatic hydroxyl groups excluding tert-OH is 1. The quantitative estimate of drug-likeness (QED) is 0.889. The lowest BCUT2D eigenvalue weighted by Crippen LogP contribution is -2.45. The summed E-state index contributed by atoms with van der Waals surface area (Å²) in [7, 11) is 0. The van der Waals surface area contributed by atoms with Crippen LogP contribution in [-0.2, 0) is 0 Å². The van der Waals surface area contributed by atoms with Crippen LogP contribution in [0.5, 0.6) is 0 Å². The first-order chi connectivity index (χ1) is 12.6. The van der Waals surface area contributed by atoms with Crippen LogP contribution in [0.2, 0.25) is 0 Å². The van der Waals surface area contributed by atoms with Gasteiger partial charge in [-0.2, -0.15) is 0 Å². The third-order valence-electron chi connectivity index (χ3n) is 4.71. The van der Waals surface area contributed by atoms with E-state index in [1.54, 1.807) is 35.2 Å². The summed E-state index contributed by atoms with van der Waals surface area (Å²) in [5, 5.41) is 12.3. The molecule has 1 radical (unpaired) electrons. The minimum atomic E-state index is -0.228. The van der Waals surface area contributed by atoms with Gasteiger partial charge in [0.2, 0.25) is 0 Å². The molecule has 5 heteroatoms. The van der Waals surface area contributed by atoms with Gasteiger partial charge in [0.15, 0.2) is 0 Å². The summed E-state index contributed by atoms with van der Waals surface area (Å²) in [6, 6.07) is 15.0. The number of hydrogen-bond acceptors (Lipinski definition) is 3. The Morgan fingerprint density at radius 2 is 1.96 bits per heavy atom. The van der Waals surface area contributed by atoms with E-state index < -0.39 is 0 Å². The number of nitrogens with zero attached hydrogens (tertiary/aromatic N) is 1. The molecule has 1 fully saturated rings. The molecule has 1 aliphatic heterocycles. The van der Waals surface area contributed by atoms with Crippen LogP contribution in [0, 0.1) is 13.0 Å². The summed E-state index contributed by atoms with van der Waals surface area (Å²) in [5.74, 6) is -0.361. The van der Waals surface area contributed by atoms with Crippen molar-refractivity contribution in [3.05, 3.63) is 65.2 Å². The minimum Gasteiger partial charge on any atom is -0.394 e. The van der Waals surface area contributed by atoms with Crippen LogP contribution in [0.4, 0.5) is 5.69 Å². The van der Waals surface area contributed by atoms with Crippen molar-refractivity contribution >= 4 is 17.5 Å². The fraction of sp³-hybridized carbons (Fsp3) is 0.333. The summed E-state index contributed by atoms with van der Waals surface area (Å²) in [5.41, 5.74) is 2.64. The van der Waals surface area contributed by atoms with Crippen molar-refractivity contribution in [2.75, 3.05) is 18.5 Å². The normalized spacial score (nSPS) is 17.0. The van der Waals surface area contributed by atoms with Gasteiger partial charge in [0.05, 0.1) is 12.6 Å². The van der Waals surface area contributed by atoms with Gasteiger partial charge >= 0.3 is 0 Å². The first-order valence-corrected chi connectivity index (χ1v) is 8.89. The summed E-state index contributed by atoms with van der Waals surface area (Å²) in [4.78, 5) is 26.9. The van der Waals surface area contributed by atoms with Gasteiger partial charge in [-0.25, -0.2) is 0 Å². The maximum atomic E-state index is 12.8. The molecule has 1 atom stereocenters. The largest absolute Gasteiger partial charge is 0.394 e. The molecule has 0 spiro atoms. The third kappa shape index (κ3) is 4.11. The van der Waals surface area contributed by atoms with Gasteiger partial charge in [0, 0.05) is 23.4 Å². The maximum Gasteiger partial charge on any atom is 0.255 e. The molecule has 1 aliphatic rings. The standard InChI is InChI=1S/C21H23N2O3/c1-15-8-10-16(11-9-15)20(25)22-18-6-4-5-17(13-18)21(26)23-12-3-2-7-19(23)14-24/h5-6,8-11,13,19,24H,2-3,7,12,14H2,1H3,(H,22,25)/t19-/m0/s1. The number of amides is 2. The van der Waals surface area contributed by atoms with Crippen molar-refractivity contribution in [1.29, 1.82) is 0 Å². The number of carbonyl (C=O) groups excluding carboxylic acids is 2. The van der Waals surface area contributed by atoms with Gasteiger partial charge in [-0.15, -0.1) is 0 Å². The van der Waals surface area contributed by atoms with Gasteiger partial charge in [-0.3, -0.25) is 9.59 Å². The highest BCUT2D eigenvalue weighted by atomic mass is 16.3. The van der Waals surface area contributed by atoms with Crippen LogP contribution in [-0.4, -0.2) is 41.0 Å². The summed E-state index contributed by atoms with van der Waals surface area (Å²) < 4.78 is 0. The Morgan fingerprint density at radius 1 is 1.19 bits per heavy atom. The Balaban J connectivity index is 1.74. The molecule has 1 heterocycles. The van der Waals surface area contributed by atoms with Gasteiger partial charge < -0.3 is 15.3 Å². The van der Waals surface area contributed by atoms with E-state index in [1.807, 2.05) is 19.1 Å². The Bertz CT molecular complexity index is 786. The monoisotopic (exact) mass is 351 g/mol. The molecule has 2 N–H and O–H groups in total. The second-order valence-corrected chi connectivity index (χ2v) is 6.66. The van der Waals surface area contributed by atoms with Crippen LogP contribution in [0.3, 0.4) is 0 Å². The van der Waals surface area contributed by atoms with Crippen LogP contribution in [0.15, 0.2) is 42.5 Å². The lowest BCUT2D eigenvalue weighted by molar-refractivity contribution is 0.0503. The highest BCUT2D eigenvalue weighted by Gasteiger charge is 2.27. The molecular formula is C21H23N2O3. The second-order valence-electron chi connectivity index (χ2n) is 6.66. The molecule has 0 aromatic heterocycles. The first kappa shape index (κ1) is 18.1. The molecule has 0 bridgehead atoms. The van der Waals surface area contributed by atoms with Crippen molar-refractivity contribution in [3.8, 4) is 0 Å². The van der Waals surface area contributed by atoms with Crippen molar-refractivity contribution in [2.24, 2.45) is 0 Å². The Morgan fingerprint density at radius 3 is 2.69 bits per heavy atom. The van der Waals surface area contributed by atoms with Crippen molar-refractivity contribution in [1.82, 2.24) is 4.90 Å². The molecule has 0 unspecified atom stereocenters. The fourth-order valence-electron chi connectivity index (χ4n) is 3.20. The molecule has 0 aliphatic carbocycles. The maximum absolute atomic E-state index is 12.8. The van der Waals surface area contributed by atoms with E-state index in [9.17, 15) is 14.7 Å².